The number of hydrogen-bond acceptors (Lipinski definition) is 3. The van der Waals surface area contributed by atoms with Crippen LogP contribution in [0.3, 0.4) is 0 Å². The Bertz CT molecular complexity index is 705. The van der Waals surface area contributed by atoms with E-state index in [-0.39, 0.29) is 11.6 Å². The van der Waals surface area contributed by atoms with Crippen molar-refractivity contribution in [1.82, 2.24) is 5.32 Å². The van der Waals surface area contributed by atoms with E-state index in [1.807, 2.05) is 0 Å². The molecule has 1 fully saturated rings. The molecule has 1 aliphatic heterocycles. The third-order valence-electron chi connectivity index (χ3n) is 6.40. The molecule has 1 saturated heterocycles. The third-order valence-corrected chi connectivity index (χ3v) is 11.4. The molecule has 2 aromatic rings. The monoisotopic (exact) mass is 425 g/mol. The van der Waals surface area contributed by atoms with Gasteiger partial charge in [0.1, 0.15) is 0 Å². The highest BCUT2D eigenvalue weighted by molar-refractivity contribution is 6.99. The van der Waals surface area contributed by atoms with Crippen LogP contribution in [0.4, 0.5) is 0 Å². The molecule has 0 aromatic heterocycles. The van der Waals surface area contributed by atoms with Crippen molar-refractivity contribution in [1.29, 1.82) is 0 Å². The Labute approximate surface area is 184 Å². The highest BCUT2D eigenvalue weighted by Gasteiger charge is 2.49. The van der Waals surface area contributed by atoms with Crippen molar-refractivity contribution < 1.29 is 9.53 Å². The lowest BCUT2D eigenvalue weighted by Gasteiger charge is -2.43. The summed E-state index contributed by atoms with van der Waals surface area (Å²) >= 11 is 0. The van der Waals surface area contributed by atoms with Crippen LogP contribution in [0.15, 0.2) is 60.7 Å². The van der Waals surface area contributed by atoms with Crippen LogP contribution in [0.2, 0.25) is 5.04 Å². The van der Waals surface area contributed by atoms with Crippen molar-refractivity contribution in [2.45, 2.75) is 76.4 Å². The van der Waals surface area contributed by atoms with Crippen LogP contribution in [0.1, 0.15) is 59.3 Å². The van der Waals surface area contributed by atoms with Crippen LogP contribution in [0.25, 0.3) is 0 Å². The van der Waals surface area contributed by atoms with Gasteiger partial charge in [-0.1, -0.05) is 107 Å². The van der Waals surface area contributed by atoms with Crippen LogP contribution in [0, 0.1) is 0 Å². The summed E-state index contributed by atoms with van der Waals surface area (Å²) in [6.07, 6.45) is 7.33. The Morgan fingerprint density at radius 2 is 1.33 bits per heavy atom. The second kappa shape index (κ2) is 10.7. The number of aliphatic hydroxyl groups excluding tert-OH is 1. The van der Waals surface area contributed by atoms with E-state index in [1.54, 1.807) is 0 Å². The second-order valence-electron chi connectivity index (χ2n) is 9.63. The fourth-order valence-corrected chi connectivity index (χ4v) is 9.27. The van der Waals surface area contributed by atoms with Gasteiger partial charge in [0, 0.05) is 18.7 Å². The lowest BCUT2D eigenvalue weighted by Crippen LogP contribution is -2.66. The van der Waals surface area contributed by atoms with Gasteiger partial charge in [0.25, 0.3) is 8.32 Å². The maximum atomic E-state index is 9.09. The minimum atomic E-state index is -2.38. The zero-order chi connectivity index (χ0) is 21.5. The number of unbranched alkanes of at least 4 members (excludes halogenated alkanes) is 4. The Morgan fingerprint density at radius 3 is 1.83 bits per heavy atom. The van der Waals surface area contributed by atoms with Gasteiger partial charge in [-0.3, -0.25) is 0 Å². The van der Waals surface area contributed by atoms with E-state index in [2.05, 4.69) is 86.8 Å². The molecule has 3 rings (SSSR count). The smallest absolute Gasteiger partial charge is 0.261 e. The van der Waals surface area contributed by atoms with Gasteiger partial charge in [-0.05, 0) is 28.3 Å². The van der Waals surface area contributed by atoms with Gasteiger partial charge in [0.15, 0.2) is 0 Å². The summed E-state index contributed by atoms with van der Waals surface area (Å²) < 4.78 is 6.95. The average Bonchev–Trinajstić information content (AvgIpc) is 3.52. The molecule has 2 atom stereocenters. The lowest BCUT2D eigenvalue weighted by atomic mass is 10.1. The molecule has 0 bridgehead atoms. The molecule has 30 heavy (non-hydrogen) atoms. The Balaban J connectivity index is 1.57. The van der Waals surface area contributed by atoms with Gasteiger partial charge in [0.05, 0.1) is 6.61 Å². The van der Waals surface area contributed by atoms with Crippen LogP contribution >= 0.6 is 0 Å². The summed E-state index contributed by atoms with van der Waals surface area (Å²) in [6, 6.07) is 22.7. The summed E-state index contributed by atoms with van der Waals surface area (Å²) in [4.78, 5) is 0. The maximum absolute atomic E-state index is 9.09. The molecule has 2 N–H and O–H groups in total. The number of aliphatic hydroxyl groups is 1. The molecule has 3 nitrogen and oxygen atoms in total. The topological polar surface area (TPSA) is 51.4 Å². The molecule has 164 valence electrons. The van der Waals surface area contributed by atoms with Gasteiger partial charge >= 0.3 is 0 Å². The fourth-order valence-electron chi connectivity index (χ4n) is 4.67. The molecule has 1 heterocycles. The van der Waals surface area contributed by atoms with Crippen molar-refractivity contribution >= 4 is 18.7 Å². The number of benzene rings is 2. The standard InChI is InChI=1S/C26H39NO2Si/c1-26(2,3)30(22-15-9-7-10-16-22,23-17-11-8-12-18-23)29-20-14-6-4-5-13-19-24-25(21-28)27-24/h7-12,15-18,24-25,27-28H,4-6,13-14,19-21H2,1-3H3/t24-,25+/m0/s1. The lowest BCUT2D eigenvalue weighted by molar-refractivity contribution is 0.286. The van der Waals surface area contributed by atoms with Crippen LogP contribution < -0.4 is 15.7 Å². The van der Waals surface area contributed by atoms with Crippen molar-refractivity contribution in [2.24, 2.45) is 0 Å². The predicted molar refractivity (Wildman–Crippen MR) is 129 cm³/mol. The van der Waals surface area contributed by atoms with Crippen LogP contribution in [-0.2, 0) is 4.43 Å². The quantitative estimate of drug-likeness (QED) is 0.304. The van der Waals surface area contributed by atoms with Gasteiger partial charge in [-0.15, -0.1) is 0 Å². The fraction of sp³-hybridized carbons (Fsp3) is 0.538. The van der Waals surface area contributed by atoms with E-state index in [1.165, 1.54) is 42.5 Å². The molecule has 0 aliphatic carbocycles. The highest BCUT2D eigenvalue weighted by atomic mass is 28.4. The van der Waals surface area contributed by atoms with E-state index < -0.39 is 8.32 Å². The first-order valence-corrected chi connectivity index (χ1v) is 13.5. The van der Waals surface area contributed by atoms with E-state index in [9.17, 15) is 0 Å². The minimum Gasteiger partial charge on any atom is -0.407 e. The third kappa shape index (κ3) is 5.61. The van der Waals surface area contributed by atoms with Gasteiger partial charge in [0.2, 0.25) is 0 Å². The molecule has 0 unspecified atom stereocenters. The molecule has 1 aliphatic rings. The highest BCUT2D eigenvalue weighted by Crippen LogP contribution is 2.36. The Morgan fingerprint density at radius 1 is 0.800 bits per heavy atom. The Kier molecular flexibility index (Phi) is 8.29. The summed E-state index contributed by atoms with van der Waals surface area (Å²) in [5.41, 5.74) is 0. The van der Waals surface area contributed by atoms with Crippen molar-refractivity contribution in [3.63, 3.8) is 0 Å². The first kappa shape index (κ1) is 23.2. The zero-order valence-corrected chi connectivity index (χ0v) is 19.9. The van der Waals surface area contributed by atoms with Crippen molar-refractivity contribution in [3.05, 3.63) is 60.7 Å². The van der Waals surface area contributed by atoms with Crippen molar-refractivity contribution in [3.8, 4) is 0 Å². The zero-order valence-electron chi connectivity index (χ0n) is 18.9. The number of rotatable bonds is 12. The minimum absolute atomic E-state index is 0.0518. The molecule has 0 amide bonds. The predicted octanol–water partition coefficient (Wildman–Crippen LogP) is 4.24. The molecule has 4 heteroatoms. The first-order valence-electron chi connectivity index (χ1n) is 11.6. The van der Waals surface area contributed by atoms with Crippen LogP contribution in [0.5, 0.6) is 0 Å². The second-order valence-corrected chi connectivity index (χ2v) is 13.9. The first-order chi connectivity index (χ1) is 14.5. The van der Waals surface area contributed by atoms with E-state index >= 15 is 0 Å². The molecule has 0 saturated carbocycles. The summed E-state index contributed by atoms with van der Waals surface area (Å²) in [6.45, 7) is 8.12. The largest absolute Gasteiger partial charge is 0.407 e. The Hall–Kier alpha value is -1.46. The molecular formula is C26H39NO2Si. The normalized spacial score (nSPS) is 19.1. The van der Waals surface area contributed by atoms with E-state index in [0.717, 1.165) is 13.0 Å². The van der Waals surface area contributed by atoms with Crippen LogP contribution in [-0.4, -0.2) is 38.7 Å². The molecule has 2 aromatic carbocycles. The molecule has 0 radical (unpaired) electrons. The summed E-state index contributed by atoms with van der Waals surface area (Å²) in [5.74, 6) is 0. The number of hydrogen-bond donors (Lipinski definition) is 2. The SMILES string of the molecule is CC(C)(C)[Si](OCCCCCCC[C@@H]1N[C@@H]1CO)(c1ccccc1)c1ccccc1. The van der Waals surface area contributed by atoms with E-state index in [0.29, 0.717) is 12.1 Å². The maximum Gasteiger partial charge on any atom is 0.261 e. The number of nitrogens with one attached hydrogen (secondary N) is 1. The average molecular weight is 426 g/mol. The molecular weight excluding hydrogens is 386 g/mol. The van der Waals surface area contributed by atoms with Gasteiger partial charge in [-0.2, -0.15) is 0 Å². The van der Waals surface area contributed by atoms with Gasteiger partial charge < -0.3 is 14.8 Å². The molecule has 0 spiro atoms. The summed E-state index contributed by atoms with van der Waals surface area (Å²) in [5, 5.41) is 15.2. The summed E-state index contributed by atoms with van der Waals surface area (Å²) in [7, 11) is -2.38. The van der Waals surface area contributed by atoms with Gasteiger partial charge in [-0.25, -0.2) is 0 Å². The van der Waals surface area contributed by atoms with Crippen molar-refractivity contribution in [2.75, 3.05) is 13.2 Å². The van der Waals surface area contributed by atoms with E-state index in [4.69, 9.17) is 9.53 Å².